The number of nitrogens with zero attached hydrogens (tertiary/aromatic N) is 1. The maximum atomic E-state index is 14.4. The second kappa shape index (κ2) is 11.5. The largest absolute Gasteiger partial charge is 0.399 e. The Kier molecular flexibility index (Phi) is 8.66. The highest BCUT2D eigenvalue weighted by Gasteiger charge is 2.39. The van der Waals surface area contributed by atoms with Gasteiger partial charge < -0.3 is 5.32 Å². The lowest BCUT2D eigenvalue weighted by molar-refractivity contribution is -0.139. The van der Waals surface area contributed by atoms with Crippen molar-refractivity contribution in [1.82, 2.24) is 10.3 Å². The van der Waals surface area contributed by atoms with Crippen molar-refractivity contribution in [1.29, 1.82) is 0 Å². The Morgan fingerprint density at radius 2 is 1.81 bits per heavy atom. The van der Waals surface area contributed by atoms with Crippen LogP contribution in [0, 0.1) is 26.6 Å². The molecule has 0 aliphatic heterocycles. The van der Waals surface area contributed by atoms with Crippen LogP contribution in [0.3, 0.4) is 0 Å². The summed E-state index contributed by atoms with van der Waals surface area (Å²) in [7, 11) is 0. The quantitative estimate of drug-likeness (QED) is 0.329. The van der Waals surface area contributed by atoms with E-state index in [2.05, 4.69) is 10.3 Å². The maximum absolute atomic E-state index is 14.4. The molecule has 0 spiro atoms. The topological polar surface area (TPSA) is 42.0 Å². The van der Waals surface area contributed by atoms with Gasteiger partial charge in [0.05, 0.1) is 18.2 Å². The van der Waals surface area contributed by atoms with Crippen molar-refractivity contribution in [3.8, 4) is 0 Å². The summed E-state index contributed by atoms with van der Waals surface area (Å²) >= 11 is 0. The summed E-state index contributed by atoms with van der Waals surface area (Å²) in [6.07, 6.45) is 0.616. The number of allylic oxidation sites excluding steroid dienone is 1. The summed E-state index contributed by atoms with van der Waals surface area (Å²) in [6, 6.07) is 11.2. The predicted molar refractivity (Wildman–Crippen MR) is 134 cm³/mol. The first-order valence-corrected chi connectivity index (χ1v) is 11.8. The molecule has 7 heteroatoms. The molecule has 1 aromatic heterocycles. The van der Waals surface area contributed by atoms with Crippen molar-refractivity contribution in [2.75, 3.05) is 0 Å². The molecular formula is C29H30F4N2O. The number of pyridine rings is 1. The zero-order valence-corrected chi connectivity index (χ0v) is 20.8. The van der Waals surface area contributed by atoms with Crippen LogP contribution in [-0.4, -0.2) is 17.1 Å². The van der Waals surface area contributed by atoms with E-state index in [1.165, 1.54) is 25.1 Å². The zero-order chi connectivity index (χ0) is 26.5. The van der Waals surface area contributed by atoms with E-state index in [4.69, 9.17) is 0 Å². The minimum absolute atomic E-state index is 0.0126. The zero-order valence-electron chi connectivity index (χ0n) is 20.8. The van der Waals surface area contributed by atoms with Crippen molar-refractivity contribution in [2.24, 2.45) is 0 Å². The Bertz CT molecular complexity index is 1260. The third-order valence-corrected chi connectivity index (χ3v) is 5.96. The van der Waals surface area contributed by atoms with Crippen LogP contribution >= 0.6 is 0 Å². The summed E-state index contributed by atoms with van der Waals surface area (Å²) < 4.78 is 56.2. The van der Waals surface area contributed by atoms with E-state index in [9.17, 15) is 22.4 Å². The van der Waals surface area contributed by atoms with Gasteiger partial charge in [-0.15, -0.1) is 0 Å². The number of hydrogen-bond donors (Lipinski definition) is 1. The molecule has 0 fully saturated rings. The van der Waals surface area contributed by atoms with Crippen LogP contribution in [0.5, 0.6) is 0 Å². The summed E-state index contributed by atoms with van der Waals surface area (Å²) in [6.45, 7) is 7.28. The van der Waals surface area contributed by atoms with Crippen LogP contribution in [-0.2, 0) is 13.0 Å². The molecule has 1 heterocycles. The number of carbonyl (C=O) groups is 1. The van der Waals surface area contributed by atoms with Crippen LogP contribution in [0.15, 0.2) is 54.7 Å². The third-order valence-electron chi connectivity index (χ3n) is 5.96. The Balaban J connectivity index is 1.80. The van der Waals surface area contributed by atoms with Crippen LogP contribution in [0.4, 0.5) is 17.6 Å². The van der Waals surface area contributed by atoms with E-state index in [0.717, 1.165) is 17.3 Å². The molecule has 0 saturated carbocycles. The first-order valence-electron chi connectivity index (χ1n) is 11.8. The van der Waals surface area contributed by atoms with Crippen LogP contribution in [0.1, 0.15) is 68.7 Å². The smallest absolute Gasteiger partial charge is 0.346 e. The summed E-state index contributed by atoms with van der Waals surface area (Å²) in [5.41, 5.74) is 3.88. The number of rotatable bonds is 8. The van der Waals surface area contributed by atoms with E-state index < -0.39 is 17.9 Å². The molecule has 36 heavy (non-hydrogen) atoms. The predicted octanol–water partition coefficient (Wildman–Crippen LogP) is 7.39. The van der Waals surface area contributed by atoms with Crippen molar-refractivity contribution >= 4 is 12.0 Å². The third kappa shape index (κ3) is 6.80. The lowest BCUT2D eigenvalue weighted by atomic mass is 9.92. The molecule has 1 N–H and O–H groups in total. The first-order chi connectivity index (χ1) is 17.0. The molecule has 1 unspecified atom stereocenters. The molecule has 3 rings (SSSR count). The summed E-state index contributed by atoms with van der Waals surface area (Å²) in [5, 5.41) is 2.82. The molecule has 190 valence electrons. The highest BCUT2D eigenvalue weighted by atomic mass is 19.4. The Morgan fingerprint density at radius 3 is 2.44 bits per heavy atom. The Labute approximate surface area is 209 Å². The number of carbonyl (C=O) groups excluding carboxylic acids is 1. The van der Waals surface area contributed by atoms with E-state index in [0.29, 0.717) is 35.1 Å². The molecule has 0 saturated heterocycles. The highest BCUT2D eigenvalue weighted by molar-refractivity contribution is 5.95. The van der Waals surface area contributed by atoms with Gasteiger partial charge in [-0.25, -0.2) is 4.39 Å². The molecule has 3 nitrogen and oxygen atoms in total. The van der Waals surface area contributed by atoms with Gasteiger partial charge in [-0.05, 0) is 78.8 Å². The minimum atomic E-state index is -4.54. The Hall–Kier alpha value is -3.48. The standard InChI is InChI=1S/C29H30F4N2O/c1-5-6-22-16-23(15-20(4)27(22)30)26(29(31,32)33)10-8-21-7-9-25(19(3)14-21)28(36)35-17-24-13-18(2)11-12-34-24/h7-16,26H,5-6,17H2,1-4H3,(H,35,36)/b10-8+. The number of benzene rings is 2. The van der Waals surface area contributed by atoms with Crippen molar-refractivity contribution in [3.05, 3.63) is 105 Å². The number of hydrogen-bond acceptors (Lipinski definition) is 2. The molecule has 1 amide bonds. The fourth-order valence-electron chi connectivity index (χ4n) is 4.13. The number of alkyl halides is 3. The van der Waals surface area contributed by atoms with Gasteiger partial charge in [-0.2, -0.15) is 13.2 Å². The molecule has 0 aliphatic rings. The van der Waals surface area contributed by atoms with Gasteiger partial charge in [0.15, 0.2) is 0 Å². The van der Waals surface area contributed by atoms with Gasteiger partial charge in [0.1, 0.15) is 5.82 Å². The average molecular weight is 499 g/mol. The first kappa shape index (κ1) is 27.1. The van der Waals surface area contributed by atoms with E-state index in [1.807, 2.05) is 26.0 Å². The number of halogens is 4. The molecule has 0 bridgehead atoms. The number of nitrogens with one attached hydrogen (secondary N) is 1. The summed E-state index contributed by atoms with van der Waals surface area (Å²) in [5.74, 6) is -2.62. The van der Waals surface area contributed by atoms with Crippen LogP contribution in [0.2, 0.25) is 0 Å². The lowest BCUT2D eigenvalue weighted by Gasteiger charge is -2.19. The monoisotopic (exact) mass is 498 g/mol. The van der Waals surface area contributed by atoms with Crippen molar-refractivity contribution in [2.45, 2.75) is 59.2 Å². The highest BCUT2D eigenvalue weighted by Crippen LogP contribution is 2.38. The molecule has 0 aliphatic carbocycles. The second-order valence-corrected chi connectivity index (χ2v) is 9.02. The Morgan fingerprint density at radius 1 is 1.06 bits per heavy atom. The number of aromatic nitrogens is 1. The van der Waals surface area contributed by atoms with Crippen molar-refractivity contribution in [3.63, 3.8) is 0 Å². The summed E-state index contributed by atoms with van der Waals surface area (Å²) in [4.78, 5) is 16.8. The molecular weight excluding hydrogens is 468 g/mol. The molecule has 0 radical (unpaired) electrons. The number of aryl methyl sites for hydroxylation is 4. The fraction of sp³-hybridized carbons (Fsp3) is 0.310. The van der Waals surface area contributed by atoms with E-state index in [-0.39, 0.29) is 23.6 Å². The van der Waals surface area contributed by atoms with Crippen LogP contribution < -0.4 is 5.32 Å². The van der Waals surface area contributed by atoms with Gasteiger partial charge in [0.2, 0.25) is 0 Å². The second-order valence-electron chi connectivity index (χ2n) is 9.02. The molecule has 1 atom stereocenters. The van der Waals surface area contributed by atoms with E-state index in [1.54, 1.807) is 31.3 Å². The molecule has 3 aromatic rings. The minimum Gasteiger partial charge on any atom is -0.346 e. The average Bonchev–Trinajstić information content (AvgIpc) is 2.80. The lowest BCUT2D eigenvalue weighted by Crippen LogP contribution is -2.24. The maximum Gasteiger partial charge on any atom is 0.399 e. The van der Waals surface area contributed by atoms with Crippen molar-refractivity contribution < 1.29 is 22.4 Å². The van der Waals surface area contributed by atoms with Gasteiger partial charge >= 0.3 is 6.18 Å². The van der Waals surface area contributed by atoms with Gasteiger partial charge in [-0.3, -0.25) is 9.78 Å². The van der Waals surface area contributed by atoms with Gasteiger partial charge in [0.25, 0.3) is 5.91 Å². The molecule has 2 aromatic carbocycles. The van der Waals surface area contributed by atoms with Gasteiger partial charge in [-0.1, -0.05) is 49.8 Å². The normalized spacial score (nSPS) is 12.7. The SMILES string of the molecule is CCCc1cc(C(/C=C/c2ccc(C(=O)NCc3cc(C)ccn3)c(C)c2)C(F)(F)F)cc(C)c1F. The number of amides is 1. The van der Waals surface area contributed by atoms with Gasteiger partial charge in [0, 0.05) is 11.8 Å². The fourth-order valence-corrected chi connectivity index (χ4v) is 4.13. The van der Waals surface area contributed by atoms with Crippen LogP contribution in [0.25, 0.3) is 6.08 Å². The van der Waals surface area contributed by atoms with E-state index >= 15 is 0 Å².